The number of benzene rings is 3. The summed E-state index contributed by atoms with van der Waals surface area (Å²) in [7, 11) is -1.82. The molecule has 0 atom stereocenters. The number of ether oxygens (including phenoxy) is 3. The van der Waals surface area contributed by atoms with E-state index >= 15 is 0 Å². The normalized spacial score (nSPS) is 14.5. The summed E-state index contributed by atoms with van der Waals surface area (Å²) in [6, 6.07) is 21.1. The summed E-state index contributed by atoms with van der Waals surface area (Å²) in [6.07, 6.45) is 0. The smallest absolute Gasteiger partial charge is 0.216 e. The maximum atomic E-state index is 12.6. The van der Waals surface area contributed by atoms with Crippen LogP contribution in [0.2, 0.25) is 0 Å². The molecule has 0 saturated carbocycles. The fourth-order valence-electron chi connectivity index (χ4n) is 4.18. The second-order valence-electron chi connectivity index (χ2n) is 8.93. The number of aryl methyl sites for hydroxylation is 1. The van der Waals surface area contributed by atoms with Crippen LogP contribution in [-0.4, -0.2) is 59.9 Å². The van der Waals surface area contributed by atoms with E-state index in [-0.39, 0.29) is 12.3 Å². The van der Waals surface area contributed by atoms with Crippen molar-refractivity contribution in [2.24, 2.45) is 0 Å². The molecule has 3 aromatic carbocycles. The molecule has 0 spiro atoms. The molecular formula is C28H34N2O5S. The SMILES string of the molecule is COc1cc(OCCN2CCOCC2)ccc1-c1ccc(CS(=O)(=O)NCc2cccc(C)c2)cc1. The largest absolute Gasteiger partial charge is 0.496 e. The number of nitrogens with one attached hydrogen (secondary N) is 1. The van der Waals surface area contributed by atoms with Crippen molar-refractivity contribution in [1.82, 2.24) is 9.62 Å². The third kappa shape index (κ3) is 7.54. The van der Waals surface area contributed by atoms with Gasteiger partial charge in [0.25, 0.3) is 0 Å². The van der Waals surface area contributed by atoms with E-state index < -0.39 is 10.0 Å². The zero-order chi connectivity index (χ0) is 25.4. The highest BCUT2D eigenvalue weighted by Crippen LogP contribution is 2.33. The van der Waals surface area contributed by atoms with Crippen molar-refractivity contribution in [2.45, 2.75) is 19.2 Å². The summed E-state index contributed by atoms with van der Waals surface area (Å²) in [5.74, 6) is 1.39. The molecule has 7 nitrogen and oxygen atoms in total. The summed E-state index contributed by atoms with van der Waals surface area (Å²) in [5.41, 5.74) is 4.63. The van der Waals surface area contributed by atoms with Gasteiger partial charge in [-0.3, -0.25) is 4.90 Å². The van der Waals surface area contributed by atoms with Gasteiger partial charge in [0.1, 0.15) is 18.1 Å². The van der Waals surface area contributed by atoms with Crippen LogP contribution in [-0.2, 0) is 27.1 Å². The lowest BCUT2D eigenvalue weighted by Gasteiger charge is -2.26. The van der Waals surface area contributed by atoms with E-state index in [2.05, 4.69) is 9.62 Å². The molecule has 1 heterocycles. The molecule has 1 N–H and O–H groups in total. The van der Waals surface area contributed by atoms with E-state index in [9.17, 15) is 8.42 Å². The quantitative estimate of drug-likeness (QED) is 0.420. The number of morpholine rings is 1. The topological polar surface area (TPSA) is 77.1 Å². The van der Waals surface area contributed by atoms with E-state index in [1.807, 2.05) is 73.7 Å². The van der Waals surface area contributed by atoms with Crippen molar-refractivity contribution in [3.63, 3.8) is 0 Å². The highest BCUT2D eigenvalue weighted by Gasteiger charge is 2.14. The average molecular weight is 511 g/mol. The first kappa shape index (κ1) is 26.2. The first-order valence-corrected chi connectivity index (χ1v) is 13.8. The fourth-order valence-corrected chi connectivity index (χ4v) is 5.30. The van der Waals surface area contributed by atoms with Crippen LogP contribution < -0.4 is 14.2 Å². The monoisotopic (exact) mass is 510 g/mol. The predicted molar refractivity (Wildman–Crippen MR) is 142 cm³/mol. The van der Waals surface area contributed by atoms with Crippen molar-refractivity contribution in [1.29, 1.82) is 0 Å². The Morgan fingerprint density at radius 2 is 1.75 bits per heavy atom. The lowest BCUT2D eigenvalue weighted by atomic mass is 10.0. The Labute approximate surface area is 214 Å². The fraction of sp³-hybridized carbons (Fsp3) is 0.357. The van der Waals surface area contributed by atoms with Gasteiger partial charge in [0.05, 0.1) is 26.1 Å². The number of methoxy groups -OCH3 is 1. The molecule has 36 heavy (non-hydrogen) atoms. The molecule has 0 amide bonds. The second kappa shape index (κ2) is 12.4. The van der Waals surface area contributed by atoms with Gasteiger partial charge in [-0.05, 0) is 35.7 Å². The first-order chi connectivity index (χ1) is 17.4. The molecule has 0 bridgehead atoms. The first-order valence-electron chi connectivity index (χ1n) is 12.1. The Balaban J connectivity index is 1.35. The molecule has 1 aliphatic heterocycles. The average Bonchev–Trinajstić information content (AvgIpc) is 2.88. The van der Waals surface area contributed by atoms with E-state index in [0.717, 1.165) is 66.4 Å². The van der Waals surface area contributed by atoms with Crippen molar-refractivity contribution in [3.8, 4) is 22.6 Å². The summed E-state index contributed by atoms with van der Waals surface area (Å²) in [4.78, 5) is 2.33. The van der Waals surface area contributed by atoms with E-state index in [0.29, 0.717) is 12.4 Å². The highest BCUT2D eigenvalue weighted by atomic mass is 32.2. The van der Waals surface area contributed by atoms with Crippen LogP contribution in [0.1, 0.15) is 16.7 Å². The van der Waals surface area contributed by atoms with Crippen LogP contribution in [0, 0.1) is 6.92 Å². The van der Waals surface area contributed by atoms with Crippen molar-refractivity contribution in [2.75, 3.05) is 46.6 Å². The van der Waals surface area contributed by atoms with Crippen molar-refractivity contribution >= 4 is 10.0 Å². The van der Waals surface area contributed by atoms with Crippen LogP contribution in [0.5, 0.6) is 11.5 Å². The van der Waals surface area contributed by atoms with Gasteiger partial charge < -0.3 is 14.2 Å². The zero-order valence-electron chi connectivity index (χ0n) is 20.9. The van der Waals surface area contributed by atoms with Gasteiger partial charge in [0, 0.05) is 37.8 Å². The van der Waals surface area contributed by atoms with Crippen molar-refractivity contribution < 1.29 is 22.6 Å². The summed E-state index contributed by atoms with van der Waals surface area (Å²) in [6.45, 7) is 7.15. The van der Waals surface area contributed by atoms with E-state index in [1.165, 1.54) is 0 Å². The van der Waals surface area contributed by atoms with Crippen LogP contribution >= 0.6 is 0 Å². The minimum Gasteiger partial charge on any atom is -0.496 e. The molecule has 4 rings (SSSR count). The lowest BCUT2D eigenvalue weighted by molar-refractivity contribution is 0.0322. The molecule has 0 radical (unpaired) electrons. The Morgan fingerprint density at radius 3 is 2.47 bits per heavy atom. The van der Waals surface area contributed by atoms with E-state index in [1.54, 1.807) is 7.11 Å². The molecule has 0 unspecified atom stereocenters. The number of hydrogen-bond donors (Lipinski definition) is 1. The maximum Gasteiger partial charge on any atom is 0.216 e. The molecule has 1 saturated heterocycles. The zero-order valence-corrected chi connectivity index (χ0v) is 21.7. The standard InChI is InChI=1S/C28H34N2O5S/c1-22-4-3-5-24(18-22)20-29-36(31,32)21-23-6-8-25(9-7-23)27-11-10-26(19-28(27)33-2)35-17-14-30-12-15-34-16-13-30/h3-11,18-19,29H,12-17,20-21H2,1-2H3. The van der Waals surface area contributed by atoms with Gasteiger partial charge in [0.15, 0.2) is 0 Å². The minimum atomic E-state index is -3.46. The Kier molecular flexibility index (Phi) is 8.98. The Morgan fingerprint density at radius 1 is 0.972 bits per heavy atom. The van der Waals surface area contributed by atoms with Gasteiger partial charge in [-0.25, -0.2) is 13.1 Å². The highest BCUT2D eigenvalue weighted by molar-refractivity contribution is 7.88. The Bertz CT molecular complexity index is 1240. The second-order valence-corrected chi connectivity index (χ2v) is 10.7. The van der Waals surface area contributed by atoms with Crippen LogP contribution in [0.4, 0.5) is 0 Å². The number of nitrogens with zero attached hydrogens (tertiary/aromatic N) is 1. The number of sulfonamides is 1. The van der Waals surface area contributed by atoms with Gasteiger partial charge in [-0.15, -0.1) is 0 Å². The molecule has 0 aliphatic carbocycles. The molecular weight excluding hydrogens is 476 g/mol. The molecule has 192 valence electrons. The number of hydrogen-bond acceptors (Lipinski definition) is 6. The number of rotatable bonds is 11. The maximum absolute atomic E-state index is 12.6. The van der Waals surface area contributed by atoms with Gasteiger partial charge in [-0.1, -0.05) is 54.1 Å². The van der Waals surface area contributed by atoms with Gasteiger partial charge in [0.2, 0.25) is 10.0 Å². The molecule has 0 aromatic heterocycles. The molecule has 1 fully saturated rings. The van der Waals surface area contributed by atoms with E-state index in [4.69, 9.17) is 14.2 Å². The molecule has 8 heteroatoms. The third-order valence-electron chi connectivity index (χ3n) is 6.15. The minimum absolute atomic E-state index is 0.0772. The van der Waals surface area contributed by atoms with Gasteiger partial charge >= 0.3 is 0 Å². The predicted octanol–water partition coefficient (Wildman–Crippen LogP) is 4.00. The molecule has 1 aliphatic rings. The molecule has 3 aromatic rings. The summed E-state index contributed by atoms with van der Waals surface area (Å²) >= 11 is 0. The summed E-state index contributed by atoms with van der Waals surface area (Å²) in [5, 5.41) is 0. The Hall–Kier alpha value is -2.91. The van der Waals surface area contributed by atoms with Crippen LogP contribution in [0.3, 0.4) is 0 Å². The summed E-state index contributed by atoms with van der Waals surface area (Å²) < 4.78 is 44.8. The van der Waals surface area contributed by atoms with Crippen molar-refractivity contribution in [3.05, 3.63) is 83.4 Å². The van der Waals surface area contributed by atoms with Crippen LogP contribution in [0.25, 0.3) is 11.1 Å². The van der Waals surface area contributed by atoms with Crippen LogP contribution in [0.15, 0.2) is 66.7 Å². The lowest BCUT2D eigenvalue weighted by Crippen LogP contribution is -2.38. The third-order valence-corrected chi connectivity index (χ3v) is 7.45. The van der Waals surface area contributed by atoms with Gasteiger partial charge in [-0.2, -0.15) is 0 Å².